The molecule has 1 saturated heterocycles. The van der Waals surface area contributed by atoms with E-state index in [1.54, 1.807) is 49.4 Å². The van der Waals surface area contributed by atoms with Crippen molar-refractivity contribution in [3.63, 3.8) is 0 Å². The Morgan fingerprint density at radius 1 is 1.03 bits per heavy atom. The number of anilines is 1. The highest BCUT2D eigenvalue weighted by molar-refractivity contribution is 6.51. The molecule has 1 amide bonds. The van der Waals surface area contributed by atoms with Crippen LogP contribution < -0.4 is 4.90 Å². The number of nitro groups is 1. The van der Waals surface area contributed by atoms with Crippen LogP contribution in [0.1, 0.15) is 22.7 Å². The lowest BCUT2D eigenvalue weighted by Gasteiger charge is -2.26. The van der Waals surface area contributed by atoms with E-state index in [1.807, 2.05) is 0 Å². The number of nitro benzene ring substituents is 1. The van der Waals surface area contributed by atoms with Gasteiger partial charge >= 0.3 is 0 Å². The number of Topliss-reactive ketones (excluding diaryl/α,β-unsaturated/α-hetero) is 1. The number of nitrogens with zero attached hydrogens (tertiary/aromatic N) is 2. The molecular formula is C24H17ClN2O5. The molecule has 3 aromatic rings. The van der Waals surface area contributed by atoms with Gasteiger partial charge in [0.15, 0.2) is 0 Å². The largest absolute Gasteiger partial charge is 0.507 e. The molecule has 0 bridgehead atoms. The fourth-order valence-electron chi connectivity index (χ4n) is 3.80. The molecule has 160 valence electrons. The number of aryl methyl sites for hydroxylation is 1. The van der Waals surface area contributed by atoms with Crippen LogP contribution in [0.4, 0.5) is 11.4 Å². The fraction of sp³-hybridized carbons (Fsp3) is 0.0833. The van der Waals surface area contributed by atoms with Crippen molar-refractivity contribution >= 4 is 40.4 Å². The van der Waals surface area contributed by atoms with E-state index in [0.717, 1.165) is 5.56 Å². The summed E-state index contributed by atoms with van der Waals surface area (Å²) in [6, 6.07) is 17.8. The number of amides is 1. The zero-order chi connectivity index (χ0) is 23.0. The first kappa shape index (κ1) is 21.3. The number of carbonyl (C=O) groups is 2. The van der Waals surface area contributed by atoms with Crippen LogP contribution >= 0.6 is 11.6 Å². The summed E-state index contributed by atoms with van der Waals surface area (Å²) < 4.78 is 0. The van der Waals surface area contributed by atoms with Crippen LogP contribution in [0.3, 0.4) is 0 Å². The van der Waals surface area contributed by atoms with E-state index in [2.05, 4.69) is 0 Å². The number of non-ortho nitro benzene ring substituents is 1. The lowest BCUT2D eigenvalue weighted by Crippen LogP contribution is -2.30. The van der Waals surface area contributed by atoms with Crippen molar-refractivity contribution in [3.8, 4) is 0 Å². The second-order valence-electron chi connectivity index (χ2n) is 7.31. The number of aliphatic hydroxyl groups excluding tert-OH is 1. The number of benzene rings is 3. The van der Waals surface area contributed by atoms with Gasteiger partial charge in [0.05, 0.1) is 16.5 Å². The van der Waals surface area contributed by atoms with Gasteiger partial charge in [-0.15, -0.1) is 0 Å². The highest BCUT2D eigenvalue weighted by Crippen LogP contribution is 2.43. The summed E-state index contributed by atoms with van der Waals surface area (Å²) in [6.45, 7) is 1.79. The van der Waals surface area contributed by atoms with Crippen LogP contribution in [0.15, 0.2) is 78.4 Å². The molecule has 0 saturated carbocycles. The fourth-order valence-corrected chi connectivity index (χ4v) is 3.93. The number of aliphatic hydroxyl groups is 1. The second-order valence-corrected chi connectivity index (χ2v) is 7.75. The van der Waals surface area contributed by atoms with Crippen molar-refractivity contribution in [2.24, 2.45) is 0 Å². The first-order valence-electron chi connectivity index (χ1n) is 9.66. The molecule has 3 aromatic carbocycles. The van der Waals surface area contributed by atoms with Crippen LogP contribution in [0.25, 0.3) is 5.76 Å². The van der Waals surface area contributed by atoms with Crippen LogP contribution in [0.2, 0.25) is 5.02 Å². The molecule has 0 aromatic heterocycles. The van der Waals surface area contributed by atoms with Gasteiger partial charge in [-0.25, -0.2) is 0 Å². The summed E-state index contributed by atoms with van der Waals surface area (Å²) in [4.78, 5) is 38.3. The smallest absolute Gasteiger partial charge is 0.300 e. The molecule has 4 rings (SSSR count). The molecule has 1 fully saturated rings. The number of carbonyl (C=O) groups excluding carboxylic acids is 2. The molecule has 32 heavy (non-hydrogen) atoms. The summed E-state index contributed by atoms with van der Waals surface area (Å²) in [5, 5.41) is 22.8. The Morgan fingerprint density at radius 2 is 1.72 bits per heavy atom. The van der Waals surface area contributed by atoms with E-state index in [4.69, 9.17) is 11.6 Å². The van der Waals surface area contributed by atoms with E-state index in [1.165, 1.54) is 35.2 Å². The quantitative estimate of drug-likeness (QED) is 0.195. The zero-order valence-electron chi connectivity index (χ0n) is 16.9. The third-order valence-electron chi connectivity index (χ3n) is 5.33. The summed E-state index contributed by atoms with van der Waals surface area (Å²) in [5.74, 6) is -2.09. The Morgan fingerprint density at radius 3 is 2.38 bits per heavy atom. The SMILES string of the molecule is Cc1ccccc1N1C(=O)C(=O)/C(=C(\O)c2ccc(Cl)cc2)C1c1cccc([N+](=O)[O-])c1. The Kier molecular flexibility index (Phi) is 5.50. The maximum absolute atomic E-state index is 13.1. The molecule has 0 spiro atoms. The van der Waals surface area contributed by atoms with Gasteiger partial charge in [0, 0.05) is 28.4 Å². The number of hydrogen-bond acceptors (Lipinski definition) is 5. The minimum atomic E-state index is -1.05. The van der Waals surface area contributed by atoms with E-state index in [0.29, 0.717) is 21.8 Å². The van der Waals surface area contributed by atoms with Gasteiger partial charge in [0.2, 0.25) is 0 Å². The Hall–Kier alpha value is -3.97. The lowest BCUT2D eigenvalue weighted by molar-refractivity contribution is -0.384. The minimum absolute atomic E-state index is 0.152. The van der Waals surface area contributed by atoms with E-state index in [-0.39, 0.29) is 17.0 Å². The highest BCUT2D eigenvalue weighted by Gasteiger charge is 2.47. The number of rotatable bonds is 4. The lowest BCUT2D eigenvalue weighted by atomic mass is 9.94. The third kappa shape index (κ3) is 3.63. The molecule has 1 aliphatic rings. The average molecular weight is 449 g/mol. The number of ketones is 1. The summed E-state index contributed by atoms with van der Waals surface area (Å²) in [7, 11) is 0. The maximum atomic E-state index is 13.1. The second kappa shape index (κ2) is 8.28. The monoisotopic (exact) mass is 448 g/mol. The molecule has 1 N–H and O–H groups in total. The number of para-hydroxylation sites is 1. The summed E-state index contributed by atoms with van der Waals surface area (Å²) in [6.07, 6.45) is 0. The Balaban J connectivity index is 1.99. The van der Waals surface area contributed by atoms with E-state index >= 15 is 0 Å². The van der Waals surface area contributed by atoms with Gasteiger partial charge < -0.3 is 5.11 Å². The maximum Gasteiger partial charge on any atom is 0.300 e. The van der Waals surface area contributed by atoms with Gasteiger partial charge in [-0.1, -0.05) is 41.9 Å². The van der Waals surface area contributed by atoms with Crippen LogP contribution in [0, 0.1) is 17.0 Å². The summed E-state index contributed by atoms with van der Waals surface area (Å²) in [5.41, 5.74) is 1.49. The highest BCUT2D eigenvalue weighted by atomic mass is 35.5. The van der Waals surface area contributed by atoms with Gasteiger partial charge in [-0.3, -0.25) is 24.6 Å². The van der Waals surface area contributed by atoms with Crippen LogP contribution in [-0.4, -0.2) is 21.7 Å². The van der Waals surface area contributed by atoms with Crippen molar-refractivity contribution < 1.29 is 19.6 Å². The molecule has 7 nitrogen and oxygen atoms in total. The average Bonchev–Trinajstić information content (AvgIpc) is 3.05. The molecule has 0 radical (unpaired) electrons. The normalized spacial score (nSPS) is 17.6. The molecule has 1 atom stereocenters. The Bertz CT molecular complexity index is 1280. The van der Waals surface area contributed by atoms with Gasteiger partial charge in [-0.05, 0) is 48.4 Å². The molecule has 1 unspecified atom stereocenters. The zero-order valence-corrected chi connectivity index (χ0v) is 17.6. The first-order valence-corrected chi connectivity index (χ1v) is 10.0. The van der Waals surface area contributed by atoms with Crippen LogP contribution in [0.5, 0.6) is 0 Å². The van der Waals surface area contributed by atoms with Crippen molar-refractivity contribution in [3.05, 3.63) is 110 Å². The van der Waals surface area contributed by atoms with Gasteiger partial charge in [-0.2, -0.15) is 0 Å². The standard InChI is InChI=1S/C24H17ClN2O5/c1-14-5-2-3-8-19(14)26-21(16-6-4-7-18(13-16)27(31)32)20(23(29)24(26)30)22(28)15-9-11-17(25)12-10-15/h2-13,21,28H,1H3/b22-20-. The van der Waals surface area contributed by atoms with Crippen molar-refractivity contribution in [2.45, 2.75) is 13.0 Å². The van der Waals surface area contributed by atoms with Gasteiger partial charge in [0.1, 0.15) is 5.76 Å². The van der Waals surface area contributed by atoms with Crippen molar-refractivity contribution in [2.75, 3.05) is 4.90 Å². The van der Waals surface area contributed by atoms with E-state index < -0.39 is 22.7 Å². The molecule has 1 heterocycles. The number of hydrogen-bond donors (Lipinski definition) is 1. The molecule has 0 aliphatic carbocycles. The first-order chi connectivity index (χ1) is 15.3. The number of halogens is 1. The Labute approximate surface area is 188 Å². The molecular weight excluding hydrogens is 432 g/mol. The van der Waals surface area contributed by atoms with Crippen molar-refractivity contribution in [1.82, 2.24) is 0 Å². The van der Waals surface area contributed by atoms with E-state index in [9.17, 15) is 24.8 Å². The molecule has 8 heteroatoms. The molecule has 1 aliphatic heterocycles. The third-order valence-corrected chi connectivity index (χ3v) is 5.59. The topological polar surface area (TPSA) is 101 Å². The minimum Gasteiger partial charge on any atom is -0.507 e. The van der Waals surface area contributed by atoms with Gasteiger partial charge in [0.25, 0.3) is 17.4 Å². The predicted octanol–water partition coefficient (Wildman–Crippen LogP) is 5.18. The summed E-state index contributed by atoms with van der Waals surface area (Å²) >= 11 is 5.93. The predicted molar refractivity (Wildman–Crippen MR) is 121 cm³/mol. The van der Waals surface area contributed by atoms with Crippen molar-refractivity contribution in [1.29, 1.82) is 0 Å². The van der Waals surface area contributed by atoms with Crippen LogP contribution in [-0.2, 0) is 9.59 Å².